The molecular formula is C11H20N4O6S2. The van der Waals surface area contributed by atoms with Gasteiger partial charge in [0, 0.05) is 11.5 Å². The van der Waals surface area contributed by atoms with Crippen molar-refractivity contribution in [2.24, 2.45) is 5.73 Å². The van der Waals surface area contributed by atoms with Crippen molar-refractivity contribution < 1.29 is 29.4 Å². The van der Waals surface area contributed by atoms with Crippen molar-refractivity contribution in [3.05, 3.63) is 0 Å². The average Bonchev–Trinajstić information content (AvgIpc) is 2.53. The highest BCUT2D eigenvalue weighted by molar-refractivity contribution is 7.80. The summed E-state index contributed by atoms with van der Waals surface area (Å²) in [6.45, 7) is -1.33. The zero-order valence-corrected chi connectivity index (χ0v) is 13.8. The molecule has 0 heterocycles. The number of rotatable bonds is 10. The second-order valence-electron chi connectivity index (χ2n) is 4.39. The van der Waals surface area contributed by atoms with E-state index in [1.165, 1.54) is 0 Å². The number of carboxylic acids is 1. The van der Waals surface area contributed by atoms with E-state index >= 15 is 0 Å². The highest BCUT2D eigenvalue weighted by Crippen LogP contribution is 1.93. The summed E-state index contributed by atoms with van der Waals surface area (Å²) in [5, 5.41) is 24.2. The van der Waals surface area contributed by atoms with Gasteiger partial charge in [-0.15, -0.1) is 0 Å². The lowest BCUT2D eigenvalue weighted by atomic mass is 10.2. The summed E-state index contributed by atoms with van der Waals surface area (Å²) in [5.41, 5.74) is 5.43. The van der Waals surface area contributed by atoms with Crippen molar-refractivity contribution in [2.45, 2.75) is 18.1 Å². The molecule has 0 aromatic rings. The third-order valence-corrected chi connectivity index (χ3v) is 3.34. The van der Waals surface area contributed by atoms with E-state index in [-0.39, 0.29) is 11.5 Å². The summed E-state index contributed by atoms with van der Waals surface area (Å²) in [6, 6.07) is -3.41. The van der Waals surface area contributed by atoms with E-state index in [1.807, 2.05) is 0 Å². The molecule has 3 amide bonds. The van der Waals surface area contributed by atoms with Crippen LogP contribution in [0, 0.1) is 0 Å². The topological polar surface area (TPSA) is 171 Å². The van der Waals surface area contributed by atoms with Crippen molar-refractivity contribution in [2.75, 3.05) is 24.7 Å². The van der Waals surface area contributed by atoms with Gasteiger partial charge < -0.3 is 31.9 Å². The van der Waals surface area contributed by atoms with Gasteiger partial charge in [0.2, 0.25) is 17.7 Å². The van der Waals surface area contributed by atoms with Gasteiger partial charge in [-0.1, -0.05) is 0 Å². The minimum absolute atomic E-state index is 0.0441. The maximum Gasteiger partial charge on any atom is 0.322 e. The van der Waals surface area contributed by atoms with Crippen molar-refractivity contribution in [1.29, 1.82) is 0 Å². The molecule has 7 N–H and O–H groups in total. The Morgan fingerprint density at radius 1 is 0.957 bits per heavy atom. The van der Waals surface area contributed by atoms with E-state index in [9.17, 15) is 19.2 Å². The molecule has 23 heavy (non-hydrogen) atoms. The predicted octanol–water partition coefficient (Wildman–Crippen LogP) is -3.66. The fourth-order valence-corrected chi connectivity index (χ4v) is 1.73. The van der Waals surface area contributed by atoms with Crippen molar-refractivity contribution in [3.8, 4) is 0 Å². The lowest BCUT2D eigenvalue weighted by Crippen LogP contribution is -2.57. The Labute approximate surface area is 143 Å². The molecule has 0 aromatic carbocycles. The molecular weight excluding hydrogens is 348 g/mol. The lowest BCUT2D eigenvalue weighted by molar-refractivity contribution is -0.138. The van der Waals surface area contributed by atoms with Crippen LogP contribution in [0.2, 0.25) is 0 Å². The van der Waals surface area contributed by atoms with Crippen LogP contribution in [0.1, 0.15) is 0 Å². The number of amides is 3. The molecule has 0 saturated carbocycles. The maximum atomic E-state index is 12.0. The number of nitrogens with two attached hydrogens (primary N) is 1. The van der Waals surface area contributed by atoms with Crippen molar-refractivity contribution in [1.82, 2.24) is 16.0 Å². The van der Waals surface area contributed by atoms with Crippen LogP contribution in [0.25, 0.3) is 0 Å². The number of carbonyl (C=O) groups is 4. The monoisotopic (exact) mass is 368 g/mol. The number of aliphatic carboxylic acids is 1. The van der Waals surface area contributed by atoms with Crippen LogP contribution in [-0.2, 0) is 19.2 Å². The predicted molar refractivity (Wildman–Crippen MR) is 87.3 cm³/mol. The summed E-state index contributed by atoms with van der Waals surface area (Å²) in [4.78, 5) is 45.6. The van der Waals surface area contributed by atoms with Crippen molar-refractivity contribution in [3.63, 3.8) is 0 Å². The van der Waals surface area contributed by atoms with Gasteiger partial charge in [-0.3, -0.25) is 19.2 Å². The summed E-state index contributed by atoms with van der Waals surface area (Å²) in [5.74, 6) is -3.60. The van der Waals surface area contributed by atoms with Gasteiger partial charge in [-0.05, 0) is 0 Å². The van der Waals surface area contributed by atoms with Crippen LogP contribution in [-0.4, -0.2) is 76.7 Å². The smallest absolute Gasteiger partial charge is 0.322 e. The van der Waals surface area contributed by atoms with Gasteiger partial charge in [0.05, 0.1) is 12.6 Å². The number of aliphatic hydroxyl groups is 1. The highest BCUT2D eigenvalue weighted by atomic mass is 32.1. The molecule has 0 spiro atoms. The van der Waals surface area contributed by atoms with Crippen LogP contribution < -0.4 is 21.7 Å². The third-order valence-electron chi connectivity index (χ3n) is 2.58. The number of aliphatic hydroxyl groups excluding tert-OH is 1. The molecule has 0 radical (unpaired) electrons. The Kier molecular flexibility index (Phi) is 10.4. The Bertz CT molecular complexity index is 450. The number of carbonyl (C=O) groups excluding carboxylic acids is 3. The number of carboxylic acid groups (broad SMARTS) is 1. The largest absolute Gasteiger partial charge is 0.480 e. The van der Waals surface area contributed by atoms with Gasteiger partial charge in [0.25, 0.3) is 0 Å². The first-order chi connectivity index (χ1) is 10.8. The quantitative estimate of drug-likeness (QED) is 0.184. The second kappa shape index (κ2) is 11.1. The Morgan fingerprint density at radius 3 is 1.96 bits per heavy atom. The first-order valence-electron chi connectivity index (χ1n) is 6.45. The number of hydrogen-bond donors (Lipinski definition) is 8. The summed E-state index contributed by atoms with van der Waals surface area (Å²) < 4.78 is 0. The fraction of sp³-hybridized carbons (Fsp3) is 0.636. The van der Waals surface area contributed by atoms with Gasteiger partial charge in [0.1, 0.15) is 18.6 Å². The van der Waals surface area contributed by atoms with Crippen LogP contribution in [0.4, 0.5) is 0 Å². The second-order valence-corrected chi connectivity index (χ2v) is 5.12. The molecule has 0 fully saturated rings. The first kappa shape index (κ1) is 21.5. The minimum atomic E-state index is -1.32. The zero-order valence-electron chi connectivity index (χ0n) is 12.1. The molecule has 12 heteroatoms. The summed E-state index contributed by atoms with van der Waals surface area (Å²) in [6.07, 6.45) is 0. The van der Waals surface area contributed by atoms with E-state index in [0.29, 0.717) is 0 Å². The SMILES string of the molecule is NC(CS)C(=O)NC(CO)C(=O)NC(CS)C(=O)NCC(=O)O. The van der Waals surface area contributed by atoms with Gasteiger partial charge in [0.15, 0.2) is 0 Å². The van der Waals surface area contributed by atoms with E-state index in [4.69, 9.17) is 15.9 Å². The van der Waals surface area contributed by atoms with Crippen LogP contribution >= 0.6 is 25.3 Å². The Hall–Kier alpha value is -1.50. The van der Waals surface area contributed by atoms with E-state index in [0.717, 1.165) is 0 Å². The standard InChI is InChI=1S/C11H20N4O6S2/c12-5(3-22)9(19)14-6(2-16)11(21)15-7(4-23)10(20)13-1-8(17)18/h5-7,16,22-23H,1-4,12H2,(H,13,20)(H,14,19)(H,15,21)(H,17,18). The third kappa shape index (κ3) is 8.06. The molecule has 0 aromatic heterocycles. The summed E-state index contributed by atoms with van der Waals surface area (Å²) >= 11 is 7.72. The molecule has 3 unspecified atom stereocenters. The number of hydrogen-bond acceptors (Lipinski definition) is 8. The molecule has 0 aliphatic heterocycles. The Balaban J connectivity index is 4.67. The molecule has 0 saturated heterocycles. The molecule has 10 nitrogen and oxygen atoms in total. The van der Waals surface area contributed by atoms with Crippen LogP contribution in [0.5, 0.6) is 0 Å². The first-order valence-corrected chi connectivity index (χ1v) is 7.71. The lowest BCUT2D eigenvalue weighted by Gasteiger charge is -2.21. The van der Waals surface area contributed by atoms with E-state index in [1.54, 1.807) is 0 Å². The van der Waals surface area contributed by atoms with Crippen LogP contribution in [0.3, 0.4) is 0 Å². The molecule has 0 bridgehead atoms. The zero-order chi connectivity index (χ0) is 18.0. The molecule has 0 rings (SSSR count). The average molecular weight is 368 g/mol. The molecule has 132 valence electrons. The molecule has 3 atom stereocenters. The molecule has 0 aliphatic carbocycles. The van der Waals surface area contributed by atoms with E-state index in [2.05, 4.69) is 41.2 Å². The Morgan fingerprint density at radius 2 is 1.52 bits per heavy atom. The highest BCUT2D eigenvalue weighted by Gasteiger charge is 2.26. The van der Waals surface area contributed by atoms with Crippen molar-refractivity contribution >= 4 is 48.9 Å². The van der Waals surface area contributed by atoms with Gasteiger partial charge >= 0.3 is 5.97 Å². The number of nitrogens with one attached hydrogen (secondary N) is 3. The van der Waals surface area contributed by atoms with E-state index < -0.39 is 55.0 Å². The van der Waals surface area contributed by atoms with Gasteiger partial charge in [-0.25, -0.2) is 0 Å². The summed E-state index contributed by atoms with van der Waals surface area (Å²) in [7, 11) is 0. The normalized spacial score (nSPS) is 14.3. The van der Waals surface area contributed by atoms with Gasteiger partial charge in [-0.2, -0.15) is 25.3 Å². The number of thiol groups is 2. The fourth-order valence-electron chi connectivity index (χ4n) is 1.31. The minimum Gasteiger partial charge on any atom is -0.480 e. The maximum absolute atomic E-state index is 12.0. The van der Waals surface area contributed by atoms with Crippen LogP contribution in [0.15, 0.2) is 0 Å². The molecule has 0 aliphatic rings.